The lowest BCUT2D eigenvalue weighted by Gasteiger charge is -2.54. The molecule has 0 radical (unpaired) electrons. The zero-order valence-corrected chi connectivity index (χ0v) is 23.1. The molecule has 3 N–H and O–H groups in total. The predicted molar refractivity (Wildman–Crippen MR) is 140 cm³/mol. The summed E-state index contributed by atoms with van der Waals surface area (Å²) in [5, 5.41) is 30.4. The molecule has 1 fully saturated rings. The lowest BCUT2D eigenvalue weighted by Crippen LogP contribution is -2.66. The molecule has 6 nitrogen and oxygen atoms in total. The van der Waals surface area contributed by atoms with E-state index in [0.29, 0.717) is 25.7 Å². The third-order valence-corrected chi connectivity index (χ3v) is 11.2. The van der Waals surface area contributed by atoms with E-state index in [4.69, 9.17) is 9.47 Å². The van der Waals surface area contributed by atoms with Crippen LogP contribution in [0.15, 0.2) is 11.1 Å². The van der Waals surface area contributed by atoms with Crippen LogP contribution in [0, 0.1) is 23.2 Å². The summed E-state index contributed by atoms with van der Waals surface area (Å²) in [6.07, 6.45) is 6.34. The highest BCUT2D eigenvalue weighted by molar-refractivity contribution is 6.06. The third kappa shape index (κ3) is 3.04. The molecule has 1 saturated carbocycles. The molecule has 4 aliphatic carbocycles. The molecule has 0 aromatic heterocycles. The van der Waals surface area contributed by atoms with Gasteiger partial charge in [-0.15, -0.1) is 0 Å². The van der Waals surface area contributed by atoms with Crippen molar-refractivity contribution in [1.29, 1.82) is 0 Å². The van der Waals surface area contributed by atoms with Crippen molar-refractivity contribution in [2.45, 2.75) is 96.7 Å². The molecule has 0 bridgehead atoms. The number of Topliss-reactive ketones (excluding diaryl/α,β-unsaturated/α-hetero) is 1. The first-order chi connectivity index (χ1) is 17.5. The first kappa shape index (κ1) is 25.5. The van der Waals surface area contributed by atoms with E-state index in [1.54, 1.807) is 7.11 Å². The second-order valence-electron chi connectivity index (χ2n) is 13.5. The maximum absolute atomic E-state index is 14.6. The Morgan fingerprint density at radius 1 is 0.892 bits per heavy atom. The predicted octanol–water partition coefficient (Wildman–Crippen LogP) is 3.55. The van der Waals surface area contributed by atoms with Gasteiger partial charge in [0.2, 0.25) is 5.78 Å². The van der Waals surface area contributed by atoms with Crippen molar-refractivity contribution >= 4 is 5.78 Å². The molecule has 1 heterocycles. The van der Waals surface area contributed by atoms with Crippen LogP contribution < -0.4 is 4.74 Å². The fraction of sp³-hybridized carbons (Fsp3) is 0.710. The SMILES string of the molecule is CO[C@@]1(C)C2=C(C[C@](C)(CO)C2)C(=O)[C@@]2(CCc3c(CCO)c(C)c4c(c3O2)C[C@](C)(CO)C4)C12CC2. The number of hydrogen-bond acceptors (Lipinski definition) is 6. The van der Waals surface area contributed by atoms with E-state index in [1.807, 2.05) is 0 Å². The zero-order chi connectivity index (χ0) is 26.6. The Hall–Kier alpha value is -1.73. The first-order valence-electron chi connectivity index (χ1n) is 14.0. The van der Waals surface area contributed by atoms with E-state index >= 15 is 0 Å². The maximum Gasteiger partial charge on any atom is 0.203 e. The molecule has 5 aliphatic rings. The standard InChI is InChI=1S/C31H42O6/c1-18-19(7-11-32)20-6-8-31(37-25(20)22-13-27(2,16-33)12-21(18)22)26(35)23-14-28(3,17-34)15-24(23)29(4,36-5)30(31)9-10-30/h32-34H,6-17H2,1-5H3/t27-,28+,29+,31+/m1/s1. The van der Waals surface area contributed by atoms with Gasteiger partial charge in [0.25, 0.3) is 0 Å². The van der Waals surface area contributed by atoms with Gasteiger partial charge in [-0.25, -0.2) is 0 Å². The first-order valence-corrected chi connectivity index (χ1v) is 14.0. The smallest absolute Gasteiger partial charge is 0.203 e. The summed E-state index contributed by atoms with van der Waals surface area (Å²) in [4.78, 5) is 14.6. The number of benzene rings is 1. The van der Waals surface area contributed by atoms with Crippen LogP contribution in [0.1, 0.15) is 80.7 Å². The molecule has 6 heteroatoms. The van der Waals surface area contributed by atoms with Gasteiger partial charge >= 0.3 is 0 Å². The lowest BCUT2D eigenvalue weighted by molar-refractivity contribution is -0.164. The van der Waals surface area contributed by atoms with Crippen LogP contribution in [0.5, 0.6) is 5.75 Å². The summed E-state index contributed by atoms with van der Waals surface area (Å²) in [5.74, 6) is 0.927. The molecule has 1 aromatic rings. The second-order valence-corrected chi connectivity index (χ2v) is 13.5. The third-order valence-electron chi connectivity index (χ3n) is 11.2. The monoisotopic (exact) mass is 510 g/mol. The van der Waals surface area contributed by atoms with E-state index < -0.39 is 16.6 Å². The summed E-state index contributed by atoms with van der Waals surface area (Å²) in [6, 6.07) is 0. The van der Waals surface area contributed by atoms with E-state index in [-0.39, 0.29) is 36.4 Å². The fourth-order valence-electron chi connectivity index (χ4n) is 8.78. The molecule has 4 atom stereocenters. The van der Waals surface area contributed by atoms with Gasteiger partial charge in [0, 0.05) is 32.5 Å². The Labute approximate surface area is 220 Å². The minimum Gasteiger partial charge on any atom is -0.478 e. The van der Waals surface area contributed by atoms with Crippen molar-refractivity contribution < 1.29 is 29.6 Å². The molecule has 0 amide bonds. The van der Waals surface area contributed by atoms with Crippen LogP contribution in [0.25, 0.3) is 0 Å². The van der Waals surface area contributed by atoms with Crippen LogP contribution >= 0.6 is 0 Å². The Bertz CT molecular complexity index is 1230. The van der Waals surface area contributed by atoms with Gasteiger partial charge < -0.3 is 24.8 Å². The summed E-state index contributed by atoms with van der Waals surface area (Å²) < 4.78 is 13.5. The average Bonchev–Trinajstić information content (AvgIpc) is 3.53. The molecule has 1 aromatic carbocycles. The highest BCUT2D eigenvalue weighted by Crippen LogP contribution is 2.73. The topological polar surface area (TPSA) is 96.2 Å². The van der Waals surface area contributed by atoms with Crippen molar-refractivity contribution in [1.82, 2.24) is 0 Å². The van der Waals surface area contributed by atoms with E-state index in [9.17, 15) is 20.1 Å². The Morgan fingerprint density at radius 3 is 2.14 bits per heavy atom. The zero-order valence-electron chi connectivity index (χ0n) is 23.1. The van der Waals surface area contributed by atoms with Crippen molar-refractivity contribution in [2.24, 2.45) is 16.2 Å². The highest BCUT2D eigenvalue weighted by Gasteiger charge is 2.78. The van der Waals surface area contributed by atoms with Crippen molar-refractivity contribution in [3.05, 3.63) is 39.0 Å². The molecule has 202 valence electrons. The number of ketones is 1. The van der Waals surface area contributed by atoms with Gasteiger partial charge in [-0.3, -0.25) is 4.79 Å². The van der Waals surface area contributed by atoms with Gasteiger partial charge in [0.1, 0.15) is 5.75 Å². The number of carbonyl (C=O) groups excluding carboxylic acids is 1. The Kier molecular flexibility index (Phi) is 5.46. The highest BCUT2D eigenvalue weighted by atomic mass is 16.5. The molecule has 0 saturated heterocycles. The van der Waals surface area contributed by atoms with Crippen LogP contribution in [-0.4, -0.2) is 59.2 Å². The van der Waals surface area contributed by atoms with Gasteiger partial charge in [-0.1, -0.05) is 13.8 Å². The van der Waals surface area contributed by atoms with Crippen LogP contribution in [0.2, 0.25) is 0 Å². The molecular formula is C31H42O6. The van der Waals surface area contributed by atoms with Gasteiger partial charge in [-0.05, 0) is 116 Å². The molecule has 2 spiro atoms. The number of aliphatic hydroxyl groups is 3. The Morgan fingerprint density at radius 2 is 1.54 bits per heavy atom. The number of fused-ring (bicyclic) bond motifs is 4. The average molecular weight is 511 g/mol. The Balaban J connectivity index is 1.54. The number of rotatable bonds is 5. The van der Waals surface area contributed by atoms with E-state index in [0.717, 1.165) is 65.7 Å². The summed E-state index contributed by atoms with van der Waals surface area (Å²) >= 11 is 0. The summed E-state index contributed by atoms with van der Waals surface area (Å²) in [5.41, 5.74) is 5.04. The quantitative estimate of drug-likeness (QED) is 0.561. The van der Waals surface area contributed by atoms with Gasteiger partial charge in [-0.2, -0.15) is 0 Å². The maximum atomic E-state index is 14.6. The van der Waals surface area contributed by atoms with Crippen LogP contribution in [0.3, 0.4) is 0 Å². The normalized spacial score (nSPS) is 37.1. The van der Waals surface area contributed by atoms with E-state index in [2.05, 4.69) is 27.7 Å². The minimum absolute atomic E-state index is 0.0355. The fourth-order valence-corrected chi connectivity index (χ4v) is 8.78. The lowest BCUT2D eigenvalue weighted by atomic mass is 9.58. The number of hydrogen-bond donors (Lipinski definition) is 3. The summed E-state index contributed by atoms with van der Waals surface area (Å²) in [6.45, 7) is 8.65. The van der Waals surface area contributed by atoms with Crippen LogP contribution in [-0.2, 0) is 35.2 Å². The number of methoxy groups -OCH3 is 1. The van der Waals surface area contributed by atoms with E-state index in [1.165, 1.54) is 11.1 Å². The molecular weight excluding hydrogens is 468 g/mol. The molecule has 0 unspecified atom stereocenters. The van der Waals surface area contributed by atoms with Gasteiger partial charge in [0.15, 0.2) is 5.60 Å². The largest absolute Gasteiger partial charge is 0.478 e. The van der Waals surface area contributed by atoms with Gasteiger partial charge in [0.05, 0.1) is 11.0 Å². The number of carbonyl (C=O) groups is 1. The second kappa shape index (κ2) is 7.91. The number of ether oxygens (including phenoxy) is 2. The number of aliphatic hydroxyl groups excluding tert-OH is 3. The van der Waals surface area contributed by atoms with Crippen molar-refractivity contribution in [3.63, 3.8) is 0 Å². The minimum atomic E-state index is -0.998. The molecule has 6 rings (SSSR count). The van der Waals surface area contributed by atoms with Crippen molar-refractivity contribution in [3.8, 4) is 5.75 Å². The summed E-state index contributed by atoms with van der Waals surface area (Å²) in [7, 11) is 1.76. The molecule has 37 heavy (non-hydrogen) atoms. The van der Waals surface area contributed by atoms with Crippen LogP contribution in [0.4, 0.5) is 0 Å². The molecule has 1 aliphatic heterocycles. The van der Waals surface area contributed by atoms with Crippen molar-refractivity contribution in [2.75, 3.05) is 26.9 Å².